The van der Waals surface area contributed by atoms with Gasteiger partial charge in [0.1, 0.15) is 5.82 Å². The fourth-order valence-electron chi connectivity index (χ4n) is 2.17. The van der Waals surface area contributed by atoms with Gasteiger partial charge in [-0.15, -0.1) is 0 Å². The molecule has 0 spiro atoms. The number of anilines is 1. The number of aryl methyl sites for hydroxylation is 1. The average molecular weight is 261 g/mol. The highest BCUT2D eigenvalue weighted by molar-refractivity contribution is 5.44. The maximum Gasteiger partial charge on any atom is 0.129 e. The first-order chi connectivity index (χ1) is 9.10. The summed E-state index contributed by atoms with van der Waals surface area (Å²) >= 11 is 0. The van der Waals surface area contributed by atoms with E-state index in [1.807, 2.05) is 7.05 Å². The number of likely N-dealkylation sites (N-methyl/N-ethyl adjacent to an activating group) is 1. The quantitative estimate of drug-likeness (QED) is 0.729. The molecule has 1 aromatic heterocycles. The monoisotopic (exact) mass is 261 g/mol. The van der Waals surface area contributed by atoms with Crippen molar-refractivity contribution in [2.75, 3.05) is 25.0 Å². The van der Waals surface area contributed by atoms with Crippen molar-refractivity contribution in [3.8, 4) is 0 Å². The number of rotatable bonds is 8. The highest BCUT2D eigenvalue weighted by Crippen LogP contribution is 2.17. The van der Waals surface area contributed by atoms with Gasteiger partial charge in [-0.05, 0) is 45.0 Å². The van der Waals surface area contributed by atoms with Crippen LogP contribution in [0.4, 0.5) is 5.82 Å². The van der Waals surface area contributed by atoms with Gasteiger partial charge >= 0.3 is 0 Å². The van der Waals surface area contributed by atoms with Gasteiger partial charge in [-0.1, -0.05) is 25.5 Å². The first-order valence-corrected chi connectivity index (χ1v) is 7.14. The zero-order valence-corrected chi connectivity index (χ0v) is 12.8. The number of pyridine rings is 1. The molecule has 106 valence electrons. The van der Waals surface area contributed by atoms with Gasteiger partial charge in [0.05, 0.1) is 0 Å². The fourth-order valence-corrected chi connectivity index (χ4v) is 2.17. The lowest BCUT2D eigenvalue weighted by Gasteiger charge is -2.23. The van der Waals surface area contributed by atoms with E-state index >= 15 is 0 Å². The predicted molar refractivity (Wildman–Crippen MR) is 83.7 cm³/mol. The molecule has 19 heavy (non-hydrogen) atoms. The van der Waals surface area contributed by atoms with Crippen LogP contribution in [0.5, 0.6) is 0 Å². The molecular weight excluding hydrogens is 234 g/mol. The second-order valence-electron chi connectivity index (χ2n) is 5.08. The zero-order valence-electron chi connectivity index (χ0n) is 12.8. The minimum atomic E-state index is 0.873. The Labute approximate surface area is 117 Å². The molecule has 0 unspecified atom stereocenters. The molecule has 0 atom stereocenters. The average Bonchev–Trinajstić information content (AvgIpc) is 2.36. The lowest BCUT2D eigenvalue weighted by atomic mass is 10.1. The second-order valence-corrected chi connectivity index (χ2v) is 5.08. The van der Waals surface area contributed by atoms with E-state index in [0.717, 1.165) is 38.3 Å². The highest BCUT2D eigenvalue weighted by atomic mass is 15.2. The van der Waals surface area contributed by atoms with E-state index < -0.39 is 0 Å². The summed E-state index contributed by atoms with van der Waals surface area (Å²) in [5.41, 5.74) is 3.65. The Bertz CT molecular complexity index is 388. The molecule has 1 aromatic rings. The summed E-state index contributed by atoms with van der Waals surface area (Å²) in [4.78, 5) is 7.07. The molecule has 0 aliphatic carbocycles. The molecule has 0 aromatic carbocycles. The van der Waals surface area contributed by atoms with Crippen LogP contribution >= 0.6 is 0 Å². The van der Waals surface area contributed by atoms with E-state index in [2.05, 4.69) is 49.7 Å². The van der Waals surface area contributed by atoms with Crippen molar-refractivity contribution in [2.24, 2.45) is 0 Å². The SMILES string of the molecule is C=C(C)CN(CC)c1cc(CNC)cc(CCC)n1. The molecule has 0 aliphatic heterocycles. The Hall–Kier alpha value is -1.35. The lowest BCUT2D eigenvalue weighted by Crippen LogP contribution is -2.26. The van der Waals surface area contributed by atoms with Gasteiger partial charge in [0, 0.05) is 25.3 Å². The Kier molecular flexibility index (Phi) is 6.57. The van der Waals surface area contributed by atoms with Crippen LogP contribution in [0, 0.1) is 0 Å². The van der Waals surface area contributed by atoms with Gasteiger partial charge in [0.15, 0.2) is 0 Å². The Morgan fingerprint density at radius 2 is 2.11 bits per heavy atom. The summed E-state index contributed by atoms with van der Waals surface area (Å²) in [6.45, 7) is 13.1. The Balaban J connectivity index is 3.04. The molecule has 3 heteroatoms. The first-order valence-electron chi connectivity index (χ1n) is 7.14. The number of hydrogen-bond donors (Lipinski definition) is 1. The van der Waals surface area contributed by atoms with Gasteiger partial charge in [-0.3, -0.25) is 0 Å². The third-order valence-corrected chi connectivity index (χ3v) is 2.98. The summed E-state index contributed by atoms with van der Waals surface area (Å²) in [6, 6.07) is 4.39. The normalized spacial score (nSPS) is 10.5. The molecule has 0 saturated heterocycles. The van der Waals surface area contributed by atoms with E-state index in [1.165, 1.54) is 16.8 Å². The van der Waals surface area contributed by atoms with Crippen molar-refractivity contribution in [3.63, 3.8) is 0 Å². The molecule has 0 aliphatic rings. The molecule has 0 amide bonds. The van der Waals surface area contributed by atoms with Crippen LogP contribution < -0.4 is 10.2 Å². The molecule has 1 heterocycles. The van der Waals surface area contributed by atoms with Crippen LogP contribution in [0.1, 0.15) is 38.4 Å². The van der Waals surface area contributed by atoms with Crippen LogP contribution in [0.25, 0.3) is 0 Å². The van der Waals surface area contributed by atoms with Crippen molar-refractivity contribution in [1.29, 1.82) is 0 Å². The maximum absolute atomic E-state index is 4.79. The lowest BCUT2D eigenvalue weighted by molar-refractivity contribution is 0.792. The van der Waals surface area contributed by atoms with Gasteiger partial charge in [0.2, 0.25) is 0 Å². The molecule has 0 fully saturated rings. The van der Waals surface area contributed by atoms with Gasteiger partial charge in [-0.2, -0.15) is 0 Å². The molecular formula is C16H27N3. The van der Waals surface area contributed by atoms with Crippen LogP contribution in [-0.4, -0.2) is 25.1 Å². The predicted octanol–water partition coefficient (Wildman–Crippen LogP) is 3.16. The van der Waals surface area contributed by atoms with Crippen molar-refractivity contribution in [1.82, 2.24) is 10.3 Å². The number of aromatic nitrogens is 1. The topological polar surface area (TPSA) is 28.2 Å². The Morgan fingerprint density at radius 3 is 2.63 bits per heavy atom. The van der Waals surface area contributed by atoms with Gasteiger partial charge in [-0.25, -0.2) is 4.98 Å². The minimum absolute atomic E-state index is 0.873. The molecule has 1 N–H and O–H groups in total. The highest BCUT2D eigenvalue weighted by Gasteiger charge is 2.09. The number of hydrogen-bond acceptors (Lipinski definition) is 3. The molecule has 0 bridgehead atoms. The molecule has 0 saturated carbocycles. The Morgan fingerprint density at radius 1 is 1.37 bits per heavy atom. The van der Waals surface area contributed by atoms with Crippen LogP contribution in [-0.2, 0) is 13.0 Å². The second kappa shape index (κ2) is 7.95. The summed E-state index contributed by atoms with van der Waals surface area (Å²) in [5.74, 6) is 1.07. The van der Waals surface area contributed by atoms with E-state index in [4.69, 9.17) is 4.98 Å². The standard InChI is InChI=1S/C16H27N3/c1-6-8-15-9-14(11-17-5)10-16(18-15)19(7-2)12-13(3)4/h9-10,17H,3,6-8,11-12H2,1-2,4-5H3. The zero-order chi connectivity index (χ0) is 14.3. The number of nitrogens with zero attached hydrogens (tertiary/aromatic N) is 2. The molecule has 0 radical (unpaired) electrons. The third kappa shape index (κ3) is 5.03. The minimum Gasteiger partial charge on any atom is -0.353 e. The van der Waals surface area contributed by atoms with E-state index in [0.29, 0.717) is 0 Å². The fraction of sp³-hybridized carbons (Fsp3) is 0.562. The van der Waals surface area contributed by atoms with E-state index in [9.17, 15) is 0 Å². The summed E-state index contributed by atoms with van der Waals surface area (Å²) < 4.78 is 0. The summed E-state index contributed by atoms with van der Waals surface area (Å²) in [5, 5.41) is 3.21. The van der Waals surface area contributed by atoms with E-state index in [-0.39, 0.29) is 0 Å². The van der Waals surface area contributed by atoms with Gasteiger partial charge in [0.25, 0.3) is 0 Å². The van der Waals surface area contributed by atoms with Crippen LogP contribution in [0.2, 0.25) is 0 Å². The smallest absolute Gasteiger partial charge is 0.129 e. The van der Waals surface area contributed by atoms with Crippen molar-refractivity contribution in [2.45, 2.75) is 40.2 Å². The largest absolute Gasteiger partial charge is 0.353 e. The van der Waals surface area contributed by atoms with Crippen molar-refractivity contribution < 1.29 is 0 Å². The van der Waals surface area contributed by atoms with Crippen molar-refractivity contribution in [3.05, 3.63) is 35.5 Å². The molecule has 3 nitrogen and oxygen atoms in total. The number of nitrogens with one attached hydrogen (secondary N) is 1. The van der Waals surface area contributed by atoms with Crippen LogP contribution in [0.15, 0.2) is 24.3 Å². The maximum atomic E-state index is 4.79. The first kappa shape index (κ1) is 15.7. The molecule has 1 rings (SSSR count). The summed E-state index contributed by atoms with van der Waals surface area (Å²) in [6.07, 6.45) is 2.16. The summed E-state index contributed by atoms with van der Waals surface area (Å²) in [7, 11) is 1.98. The van der Waals surface area contributed by atoms with Crippen LogP contribution in [0.3, 0.4) is 0 Å². The van der Waals surface area contributed by atoms with Crippen molar-refractivity contribution >= 4 is 5.82 Å². The van der Waals surface area contributed by atoms with Gasteiger partial charge < -0.3 is 10.2 Å². The third-order valence-electron chi connectivity index (χ3n) is 2.98. The van der Waals surface area contributed by atoms with E-state index in [1.54, 1.807) is 0 Å².